The lowest BCUT2D eigenvalue weighted by Gasteiger charge is -2.37. The van der Waals surface area contributed by atoms with Crippen LogP contribution >= 0.6 is 0 Å². The summed E-state index contributed by atoms with van der Waals surface area (Å²) in [5.41, 5.74) is 6.75. The number of nitrogens with two attached hydrogens (primary N) is 1. The number of nitrogens with zero attached hydrogens (tertiary/aromatic N) is 2. The maximum atomic E-state index is 12.5. The molecule has 8 heteroatoms. The van der Waals surface area contributed by atoms with Crippen molar-refractivity contribution in [2.24, 2.45) is 11.7 Å². The molecular formula is C19H26N4O4. The van der Waals surface area contributed by atoms with Crippen molar-refractivity contribution < 1.29 is 19.5 Å². The standard InChI is InChI=1S/C19H26N4O4/c20-17(24)13-3-7-16(8-4-13)22-9-11-23(12-10-22)19(27)21-15-5-1-14(2-6-15)18(25)26/h3-4,7-8,14-15H,1-2,5-6,9-12H2,(H2,20,24)(H,21,27)(H,25,26). The first-order valence-electron chi connectivity index (χ1n) is 9.37. The van der Waals surface area contributed by atoms with Crippen LogP contribution in [0.2, 0.25) is 0 Å². The van der Waals surface area contributed by atoms with Gasteiger partial charge in [-0.3, -0.25) is 9.59 Å². The highest BCUT2D eigenvalue weighted by molar-refractivity contribution is 5.93. The van der Waals surface area contributed by atoms with Crippen LogP contribution < -0.4 is 16.0 Å². The van der Waals surface area contributed by atoms with Gasteiger partial charge in [0.1, 0.15) is 0 Å². The van der Waals surface area contributed by atoms with E-state index in [9.17, 15) is 14.4 Å². The monoisotopic (exact) mass is 374 g/mol. The second-order valence-electron chi connectivity index (χ2n) is 7.22. The van der Waals surface area contributed by atoms with Crippen LogP contribution in [0.4, 0.5) is 10.5 Å². The minimum Gasteiger partial charge on any atom is -0.481 e. The number of carbonyl (C=O) groups excluding carboxylic acids is 2. The Balaban J connectivity index is 1.45. The van der Waals surface area contributed by atoms with Crippen LogP contribution in [0.1, 0.15) is 36.0 Å². The number of benzene rings is 1. The van der Waals surface area contributed by atoms with E-state index < -0.39 is 11.9 Å². The number of carbonyl (C=O) groups is 3. The summed E-state index contributed by atoms with van der Waals surface area (Å²) in [6, 6.07) is 7.16. The number of nitrogens with one attached hydrogen (secondary N) is 1. The van der Waals surface area contributed by atoms with Gasteiger partial charge in [-0.05, 0) is 49.9 Å². The van der Waals surface area contributed by atoms with Gasteiger partial charge in [0.2, 0.25) is 5.91 Å². The lowest BCUT2D eigenvalue weighted by Crippen LogP contribution is -2.54. The first-order valence-corrected chi connectivity index (χ1v) is 9.37. The first kappa shape index (κ1) is 19.0. The lowest BCUT2D eigenvalue weighted by atomic mass is 9.86. The number of hydrogen-bond acceptors (Lipinski definition) is 4. The van der Waals surface area contributed by atoms with Crippen LogP contribution in [0.3, 0.4) is 0 Å². The van der Waals surface area contributed by atoms with Crippen molar-refractivity contribution >= 4 is 23.6 Å². The maximum absolute atomic E-state index is 12.5. The number of aliphatic carboxylic acids is 1. The molecule has 146 valence electrons. The van der Waals surface area contributed by atoms with Gasteiger partial charge in [0.15, 0.2) is 0 Å². The van der Waals surface area contributed by atoms with Gasteiger partial charge in [-0.15, -0.1) is 0 Å². The summed E-state index contributed by atoms with van der Waals surface area (Å²) < 4.78 is 0. The Morgan fingerprint density at radius 1 is 0.963 bits per heavy atom. The van der Waals surface area contributed by atoms with Crippen molar-refractivity contribution in [3.05, 3.63) is 29.8 Å². The zero-order valence-electron chi connectivity index (χ0n) is 15.3. The molecule has 2 fully saturated rings. The fourth-order valence-electron chi connectivity index (χ4n) is 3.75. The van der Waals surface area contributed by atoms with Crippen molar-refractivity contribution in [3.63, 3.8) is 0 Å². The molecule has 0 radical (unpaired) electrons. The van der Waals surface area contributed by atoms with Crippen LogP contribution in [-0.2, 0) is 4.79 Å². The largest absolute Gasteiger partial charge is 0.481 e. The van der Waals surface area contributed by atoms with E-state index in [2.05, 4.69) is 10.2 Å². The van der Waals surface area contributed by atoms with Crippen LogP contribution in [-0.4, -0.2) is 60.1 Å². The van der Waals surface area contributed by atoms with E-state index >= 15 is 0 Å². The van der Waals surface area contributed by atoms with Crippen molar-refractivity contribution in [3.8, 4) is 0 Å². The van der Waals surface area contributed by atoms with Gasteiger partial charge in [-0.2, -0.15) is 0 Å². The van der Waals surface area contributed by atoms with Crippen LogP contribution in [0.25, 0.3) is 0 Å². The minimum absolute atomic E-state index is 0.0625. The number of carboxylic acids is 1. The highest BCUT2D eigenvalue weighted by Crippen LogP contribution is 2.24. The number of piperazine rings is 1. The molecular weight excluding hydrogens is 348 g/mol. The average Bonchev–Trinajstić information content (AvgIpc) is 2.68. The Bertz CT molecular complexity index is 690. The third-order valence-corrected chi connectivity index (χ3v) is 5.49. The Hall–Kier alpha value is -2.77. The van der Waals surface area contributed by atoms with Gasteiger partial charge in [-0.1, -0.05) is 0 Å². The SMILES string of the molecule is NC(=O)c1ccc(N2CCN(C(=O)NC3CCC(C(=O)O)CC3)CC2)cc1. The van der Waals surface area contributed by atoms with Gasteiger partial charge in [0.05, 0.1) is 5.92 Å². The Labute approximate surface area is 158 Å². The molecule has 1 aromatic carbocycles. The Morgan fingerprint density at radius 2 is 1.56 bits per heavy atom. The molecule has 0 bridgehead atoms. The van der Waals surface area contributed by atoms with Crippen LogP contribution in [0.15, 0.2) is 24.3 Å². The van der Waals surface area contributed by atoms with E-state index in [1.165, 1.54) is 0 Å². The quantitative estimate of drug-likeness (QED) is 0.734. The van der Waals surface area contributed by atoms with Crippen molar-refractivity contribution in [1.29, 1.82) is 0 Å². The Kier molecular flexibility index (Phi) is 5.83. The summed E-state index contributed by atoms with van der Waals surface area (Å²) in [6.45, 7) is 2.67. The molecule has 0 spiro atoms. The van der Waals surface area contributed by atoms with Crippen molar-refractivity contribution in [2.75, 3.05) is 31.1 Å². The highest BCUT2D eigenvalue weighted by atomic mass is 16.4. The lowest BCUT2D eigenvalue weighted by molar-refractivity contribution is -0.142. The molecule has 1 heterocycles. The molecule has 2 aliphatic rings. The summed E-state index contributed by atoms with van der Waals surface area (Å²) in [4.78, 5) is 38.6. The number of rotatable bonds is 4. The van der Waals surface area contributed by atoms with E-state index in [4.69, 9.17) is 10.8 Å². The van der Waals surface area contributed by atoms with Crippen molar-refractivity contribution in [2.45, 2.75) is 31.7 Å². The first-order chi connectivity index (χ1) is 12.9. The number of anilines is 1. The maximum Gasteiger partial charge on any atom is 0.317 e. The third kappa shape index (κ3) is 4.69. The normalized spacial score (nSPS) is 23.0. The van der Waals surface area contributed by atoms with Gasteiger partial charge in [-0.25, -0.2) is 4.79 Å². The van der Waals surface area contributed by atoms with Gasteiger partial charge >= 0.3 is 12.0 Å². The van der Waals surface area contributed by atoms with E-state index in [1.54, 1.807) is 17.0 Å². The fourth-order valence-corrected chi connectivity index (χ4v) is 3.75. The van der Waals surface area contributed by atoms with E-state index in [1.807, 2.05) is 12.1 Å². The zero-order valence-corrected chi connectivity index (χ0v) is 15.3. The molecule has 1 saturated carbocycles. The molecule has 3 rings (SSSR count). The van der Waals surface area contributed by atoms with Gasteiger partial charge in [0.25, 0.3) is 0 Å². The number of primary amides is 1. The zero-order chi connectivity index (χ0) is 19.4. The molecule has 27 heavy (non-hydrogen) atoms. The molecule has 1 saturated heterocycles. The number of carboxylic acid groups (broad SMARTS) is 1. The van der Waals surface area contributed by atoms with E-state index in [-0.39, 0.29) is 18.0 Å². The molecule has 0 aromatic heterocycles. The topological polar surface area (TPSA) is 116 Å². The predicted octanol–water partition coefficient (Wildman–Crippen LogP) is 1.26. The van der Waals surface area contributed by atoms with Crippen LogP contribution in [0, 0.1) is 5.92 Å². The van der Waals surface area contributed by atoms with Gasteiger partial charge < -0.3 is 26.0 Å². The molecule has 0 unspecified atom stereocenters. The Morgan fingerprint density at radius 3 is 2.07 bits per heavy atom. The summed E-state index contributed by atoms with van der Waals surface area (Å²) in [7, 11) is 0. The summed E-state index contributed by atoms with van der Waals surface area (Å²) in [5, 5.41) is 12.1. The second-order valence-corrected chi connectivity index (χ2v) is 7.22. The fraction of sp³-hybridized carbons (Fsp3) is 0.526. The molecule has 1 aromatic rings. The predicted molar refractivity (Wildman–Crippen MR) is 101 cm³/mol. The molecule has 1 aliphatic carbocycles. The summed E-state index contributed by atoms with van der Waals surface area (Å²) >= 11 is 0. The molecule has 1 aliphatic heterocycles. The molecule has 3 amide bonds. The number of urea groups is 1. The number of amides is 3. The highest BCUT2D eigenvalue weighted by Gasteiger charge is 2.28. The van der Waals surface area contributed by atoms with E-state index in [0.717, 1.165) is 31.6 Å². The molecule has 8 nitrogen and oxygen atoms in total. The second kappa shape index (κ2) is 8.28. The third-order valence-electron chi connectivity index (χ3n) is 5.49. The van der Waals surface area contributed by atoms with E-state index in [0.29, 0.717) is 31.5 Å². The van der Waals surface area contributed by atoms with Crippen molar-refractivity contribution in [1.82, 2.24) is 10.2 Å². The average molecular weight is 374 g/mol. The van der Waals surface area contributed by atoms with Crippen LogP contribution in [0.5, 0.6) is 0 Å². The molecule has 0 atom stereocenters. The summed E-state index contributed by atoms with van der Waals surface area (Å²) in [6.07, 6.45) is 2.68. The summed E-state index contributed by atoms with van der Waals surface area (Å²) in [5.74, 6) is -1.46. The van der Waals surface area contributed by atoms with Gasteiger partial charge in [0, 0.05) is 43.5 Å². The smallest absolute Gasteiger partial charge is 0.317 e. The minimum atomic E-state index is -0.736. The number of hydrogen-bond donors (Lipinski definition) is 3. The molecule has 4 N–H and O–H groups in total.